The fourth-order valence-electron chi connectivity index (χ4n) is 1.60. The van der Waals surface area contributed by atoms with Gasteiger partial charge in [0, 0.05) is 5.41 Å². The lowest BCUT2D eigenvalue weighted by Crippen LogP contribution is -2.17. The molecule has 106 valence electrons. The molecule has 2 aromatic rings. The summed E-state index contributed by atoms with van der Waals surface area (Å²) in [6, 6.07) is 4.67. The summed E-state index contributed by atoms with van der Waals surface area (Å²) < 4.78 is 15.6. The van der Waals surface area contributed by atoms with E-state index in [4.69, 9.17) is 12.2 Å². The van der Waals surface area contributed by atoms with Crippen molar-refractivity contribution in [2.45, 2.75) is 26.2 Å². The summed E-state index contributed by atoms with van der Waals surface area (Å²) in [5.74, 6) is 0.428. The number of hydrogen-bond acceptors (Lipinski definition) is 3. The number of rotatable bonds is 2. The van der Waals surface area contributed by atoms with Crippen molar-refractivity contribution in [3.8, 4) is 0 Å². The van der Waals surface area contributed by atoms with Crippen molar-refractivity contribution in [1.82, 2.24) is 14.9 Å². The SMILES string of the molecule is CC(C)(C)c1n[nH]c(=S)n1/N=C\c1ccc(F)c(Br)c1. The molecular formula is C13H14BrFN4S. The number of benzene rings is 1. The second-order valence-electron chi connectivity index (χ2n) is 5.33. The van der Waals surface area contributed by atoms with Gasteiger partial charge in [-0.25, -0.2) is 4.39 Å². The Morgan fingerprint density at radius 2 is 2.15 bits per heavy atom. The third-order valence-electron chi connectivity index (χ3n) is 2.59. The second-order valence-corrected chi connectivity index (χ2v) is 6.57. The highest BCUT2D eigenvalue weighted by Gasteiger charge is 2.21. The lowest BCUT2D eigenvalue weighted by Gasteiger charge is -2.15. The molecule has 7 heteroatoms. The number of nitrogens with zero attached hydrogens (tertiary/aromatic N) is 3. The van der Waals surface area contributed by atoms with Crippen LogP contribution in [-0.2, 0) is 5.41 Å². The third-order valence-corrected chi connectivity index (χ3v) is 3.46. The van der Waals surface area contributed by atoms with Crippen molar-refractivity contribution in [1.29, 1.82) is 0 Å². The minimum absolute atomic E-state index is 0.186. The maximum Gasteiger partial charge on any atom is 0.216 e. The molecule has 1 heterocycles. The Hall–Kier alpha value is -1.34. The number of nitrogens with one attached hydrogen (secondary N) is 1. The van der Waals surface area contributed by atoms with E-state index in [-0.39, 0.29) is 11.2 Å². The average Bonchev–Trinajstić information content (AvgIpc) is 2.72. The smallest absolute Gasteiger partial charge is 0.216 e. The van der Waals surface area contributed by atoms with Gasteiger partial charge in [-0.2, -0.15) is 14.9 Å². The highest BCUT2D eigenvalue weighted by molar-refractivity contribution is 9.10. The molecule has 1 aromatic heterocycles. The minimum atomic E-state index is -0.308. The van der Waals surface area contributed by atoms with E-state index in [1.54, 1.807) is 23.0 Å². The zero-order valence-corrected chi connectivity index (χ0v) is 13.7. The third kappa shape index (κ3) is 3.21. The quantitative estimate of drug-likeness (QED) is 0.652. The van der Waals surface area contributed by atoms with Crippen molar-refractivity contribution in [3.63, 3.8) is 0 Å². The molecule has 0 bridgehead atoms. The van der Waals surface area contributed by atoms with E-state index in [9.17, 15) is 4.39 Å². The normalized spacial score (nSPS) is 12.2. The first-order valence-electron chi connectivity index (χ1n) is 5.96. The van der Waals surface area contributed by atoms with Gasteiger partial charge in [0.1, 0.15) is 5.82 Å². The van der Waals surface area contributed by atoms with Crippen molar-refractivity contribution < 1.29 is 4.39 Å². The molecule has 0 fully saturated rings. The molecule has 0 unspecified atom stereocenters. The molecular weight excluding hydrogens is 343 g/mol. The predicted molar refractivity (Wildman–Crippen MR) is 83.2 cm³/mol. The Balaban J connectivity index is 2.39. The highest BCUT2D eigenvalue weighted by atomic mass is 79.9. The zero-order valence-electron chi connectivity index (χ0n) is 11.3. The molecule has 0 saturated heterocycles. The maximum absolute atomic E-state index is 13.2. The lowest BCUT2D eigenvalue weighted by atomic mass is 9.96. The molecule has 0 amide bonds. The van der Waals surface area contributed by atoms with Crippen LogP contribution in [-0.4, -0.2) is 21.1 Å². The first kappa shape index (κ1) is 15.1. The predicted octanol–water partition coefficient (Wildman–Crippen LogP) is 4.02. The fourth-order valence-corrected chi connectivity index (χ4v) is 2.18. The average molecular weight is 357 g/mol. The van der Waals surface area contributed by atoms with E-state index in [1.165, 1.54) is 6.07 Å². The van der Waals surface area contributed by atoms with Crippen LogP contribution >= 0.6 is 28.1 Å². The Morgan fingerprint density at radius 3 is 2.75 bits per heavy atom. The van der Waals surface area contributed by atoms with Gasteiger partial charge in [0.2, 0.25) is 4.77 Å². The van der Waals surface area contributed by atoms with Gasteiger partial charge in [0.15, 0.2) is 5.82 Å². The topological polar surface area (TPSA) is 46.0 Å². The summed E-state index contributed by atoms with van der Waals surface area (Å²) in [4.78, 5) is 0. The van der Waals surface area contributed by atoms with E-state index >= 15 is 0 Å². The van der Waals surface area contributed by atoms with Crippen molar-refractivity contribution in [3.05, 3.63) is 44.6 Å². The Kier molecular flexibility index (Phi) is 4.19. The Morgan fingerprint density at radius 1 is 1.45 bits per heavy atom. The van der Waals surface area contributed by atoms with E-state index in [0.29, 0.717) is 9.24 Å². The van der Waals surface area contributed by atoms with Gasteiger partial charge in [-0.05, 0) is 45.8 Å². The summed E-state index contributed by atoms with van der Waals surface area (Å²) in [5.41, 5.74) is 0.579. The molecule has 0 spiro atoms. The van der Waals surface area contributed by atoms with E-state index in [2.05, 4.69) is 31.2 Å². The van der Waals surface area contributed by atoms with E-state index < -0.39 is 0 Å². The van der Waals surface area contributed by atoms with Crippen LogP contribution in [0, 0.1) is 10.6 Å². The van der Waals surface area contributed by atoms with Crippen LogP contribution in [0.2, 0.25) is 0 Å². The van der Waals surface area contributed by atoms with Gasteiger partial charge < -0.3 is 0 Å². The summed E-state index contributed by atoms with van der Waals surface area (Å²) >= 11 is 8.31. The molecule has 0 radical (unpaired) electrons. The summed E-state index contributed by atoms with van der Waals surface area (Å²) in [5, 5.41) is 11.3. The first-order chi connectivity index (χ1) is 9.29. The van der Waals surface area contributed by atoms with Crippen LogP contribution in [0.4, 0.5) is 4.39 Å². The maximum atomic E-state index is 13.2. The van der Waals surface area contributed by atoms with Crippen LogP contribution in [0.1, 0.15) is 32.2 Å². The van der Waals surface area contributed by atoms with Crippen LogP contribution in [0.3, 0.4) is 0 Å². The highest BCUT2D eigenvalue weighted by Crippen LogP contribution is 2.20. The molecule has 0 aliphatic carbocycles. The number of hydrogen-bond donors (Lipinski definition) is 1. The minimum Gasteiger partial charge on any atom is -0.250 e. The Bertz CT molecular complexity index is 712. The van der Waals surface area contributed by atoms with Gasteiger partial charge in [-0.1, -0.05) is 26.8 Å². The molecule has 0 aliphatic rings. The van der Waals surface area contributed by atoms with Crippen molar-refractivity contribution in [2.75, 3.05) is 0 Å². The van der Waals surface area contributed by atoms with Gasteiger partial charge in [0.05, 0.1) is 10.7 Å². The summed E-state index contributed by atoms with van der Waals surface area (Å²) in [6.07, 6.45) is 1.62. The monoisotopic (exact) mass is 356 g/mol. The molecule has 1 aromatic carbocycles. The number of aromatic amines is 1. The standard InChI is InChI=1S/C13H14BrFN4S/c1-13(2,3)11-17-18-12(20)19(11)16-7-8-4-5-10(15)9(14)6-8/h4-7H,1-3H3,(H,18,20)/b16-7-. The molecule has 0 aliphatic heterocycles. The summed E-state index contributed by atoms with van der Waals surface area (Å²) in [7, 11) is 0. The molecule has 4 nitrogen and oxygen atoms in total. The number of halogens is 2. The van der Waals surface area contributed by atoms with E-state index in [1.807, 2.05) is 20.8 Å². The molecule has 0 atom stereocenters. The molecule has 1 N–H and O–H groups in total. The van der Waals surface area contributed by atoms with Gasteiger partial charge in [-0.3, -0.25) is 5.10 Å². The van der Waals surface area contributed by atoms with Crippen LogP contribution in [0.5, 0.6) is 0 Å². The lowest BCUT2D eigenvalue weighted by molar-refractivity contribution is 0.516. The molecule has 0 saturated carbocycles. The second kappa shape index (κ2) is 5.57. The van der Waals surface area contributed by atoms with Crippen LogP contribution < -0.4 is 0 Å². The van der Waals surface area contributed by atoms with Gasteiger partial charge in [-0.15, -0.1) is 0 Å². The van der Waals surface area contributed by atoms with Gasteiger partial charge in [0.25, 0.3) is 0 Å². The zero-order chi connectivity index (χ0) is 14.9. The number of H-pyrrole nitrogens is 1. The molecule has 20 heavy (non-hydrogen) atoms. The van der Waals surface area contributed by atoms with Gasteiger partial charge >= 0.3 is 0 Å². The Labute approximate surface area is 129 Å². The summed E-state index contributed by atoms with van der Waals surface area (Å²) in [6.45, 7) is 6.08. The van der Waals surface area contributed by atoms with Crippen LogP contribution in [0.15, 0.2) is 27.8 Å². The van der Waals surface area contributed by atoms with Crippen LogP contribution in [0.25, 0.3) is 0 Å². The van der Waals surface area contributed by atoms with Crippen molar-refractivity contribution >= 4 is 34.4 Å². The number of aromatic nitrogens is 3. The van der Waals surface area contributed by atoms with Crippen molar-refractivity contribution in [2.24, 2.45) is 5.10 Å². The largest absolute Gasteiger partial charge is 0.250 e. The van der Waals surface area contributed by atoms with E-state index in [0.717, 1.165) is 11.4 Å². The first-order valence-corrected chi connectivity index (χ1v) is 7.16. The fraction of sp³-hybridized carbons (Fsp3) is 0.308. The molecule has 2 rings (SSSR count).